The summed E-state index contributed by atoms with van der Waals surface area (Å²) < 4.78 is 39.2. The minimum atomic E-state index is -4.63. The monoisotopic (exact) mass is 383 g/mol. The Hall–Kier alpha value is -1.83. The Labute approximate surface area is 154 Å². The van der Waals surface area contributed by atoms with Gasteiger partial charge in [0.15, 0.2) is 0 Å². The van der Waals surface area contributed by atoms with Gasteiger partial charge in [0.25, 0.3) is 0 Å². The number of likely N-dealkylation sites (tertiary alicyclic amines) is 1. The van der Waals surface area contributed by atoms with Gasteiger partial charge in [-0.05, 0) is 39.2 Å². The Morgan fingerprint density at radius 3 is 2.50 bits per heavy atom. The van der Waals surface area contributed by atoms with Crippen molar-refractivity contribution in [2.24, 2.45) is 0 Å². The largest absolute Gasteiger partial charge is 0.451 e. The predicted octanol–water partition coefficient (Wildman–Crippen LogP) is 4.53. The maximum Gasteiger partial charge on any atom is 0.451 e. The van der Waals surface area contributed by atoms with Gasteiger partial charge in [-0.25, -0.2) is 9.97 Å². The quantitative estimate of drug-likeness (QED) is 0.577. The number of piperidine rings is 1. The molecule has 0 radical (unpaired) electrons. The standard InChI is InChI=1S/C18H20F3N3OS/c1-11-6-5-7-12(2)24(11)15(25)10-26-16-13-8-3-4-9-14(13)22-17(23-16)18(19,20)21/h3-4,8-9,11-12H,5-7,10H2,1-2H3/t11-,12-/m0/s1. The minimum Gasteiger partial charge on any atom is -0.337 e. The maximum atomic E-state index is 13.1. The topological polar surface area (TPSA) is 46.1 Å². The van der Waals surface area contributed by atoms with Crippen LogP contribution in [-0.2, 0) is 11.0 Å². The molecule has 1 aliphatic rings. The predicted molar refractivity (Wildman–Crippen MR) is 94.9 cm³/mol. The van der Waals surface area contributed by atoms with Gasteiger partial charge in [-0.2, -0.15) is 13.2 Å². The van der Waals surface area contributed by atoms with Gasteiger partial charge < -0.3 is 4.90 Å². The van der Waals surface area contributed by atoms with Gasteiger partial charge in [-0.1, -0.05) is 30.0 Å². The number of amides is 1. The second kappa shape index (κ2) is 7.42. The Morgan fingerprint density at radius 1 is 1.19 bits per heavy atom. The lowest BCUT2D eigenvalue weighted by Crippen LogP contribution is -2.48. The van der Waals surface area contributed by atoms with E-state index in [0.717, 1.165) is 31.0 Å². The highest BCUT2D eigenvalue weighted by molar-refractivity contribution is 8.00. The molecule has 1 aliphatic heterocycles. The van der Waals surface area contributed by atoms with Crippen LogP contribution < -0.4 is 0 Å². The number of fused-ring (bicyclic) bond motifs is 1. The third-order valence-electron chi connectivity index (χ3n) is 4.64. The molecule has 0 N–H and O–H groups in total. The fourth-order valence-corrected chi connectivity index (χ4v) is 4.29. The van der Waals surface area contributed by atoms with Crippen molar-refractivity contribution in [1.82, 2.24) is 14.9 Å². The van der Waals surface area contributed by atoms with Crippen LogP contribution in [0.1, 0.15) is 38.9 Å². The van der Waals surface area contributed by atoms with Gasteiger partial charge >= 0.3 is 6.18 Å². The van der Waals surface area contributed by atoms with Gasteiger partial charge in [-0.15, -0.1) is 0 Å². The van der Waals surface area contributed by atoms with E-state index >= 15 is 0 Å². The van der Waals surface area contributed by atoms with Gasteiger partial charge in [0.05, 0.1) is 11.3 Å². The van der Waals surface area contributed by atoms with E-state index in [1.54, 1.807) is 18.2 Å². The van der Waals surface area contributed by atoms with E-state index in [0.29, 0.717) is 5.39 Å². The second-order valence-corrected chi connectivity index (χ2v) is 7.55. The normalized spacial score (nSPS) is 21.2. The summed E-state index contributed by atoms with van der Waals surface area (Å²) in [5, 5.41) is 0.714. The van der Waals surface area contributed by atoms with E-state index in [1.165, 1.54) is 6.07 Å². The van der Waals surface area contributed by atoms with Crippen LogP contribution in [0.2, 0.25) is 0 Å². The van der Waals surface area contributed by atoms with Crippen molar-refractivity contribution in [3.8, 4) is 0 Å². The van der Waals surface area contributed by atoms with E-state index in [1.807, 2.05) is 18.7 Å². The van der Waals surface area contributed by atoms with E-state index in [-0.39, 0.29) is 34.3 Å². The molecule has 1 aromatic heterocycles. The zero-order chi connectivity index (χ0) is 18.9. The van der Waals surface area contributed by atoms with Crippen molar-refractivity contribution in [3.05, 3.63) is 30.1 Å². The Balaban J connectivity index is 1.85. The average Bonchev–Trinajstić information content (AvgIpc) is 2.58. The number of thioether (sulfide) groups is 1. The van der Waals surface area contributed by atoms with Gasteiger partial charge in [0, 0.05) is 17.5 Å². The zero-order valence-electron chi connectivity index (χ0n) is 14.6. The van der Waals surface area contributed by atoms with Crippen molar-refractivity contribution in [2.45, 2.75) is 56.4 Å². The van der Waals surface area contributed by atoms with Crippen molar-refractivity contribution in [1.29, 1.82) is 0 Å². The van der Waals surface area contributed by atoms with Crippen LogP contribution in [0.3, 0.4) is 0 Å². The third kappa shape index (κ3) is 3.95. The molecule has 1 amide bonds. The SMILES string of the molecule is C[C@H]1CCC[C@H](C)N1C(=O)CSc1nc(C(F)(F)F)nc2ccccc12. The first-order valence-corrected chi connectivity index (χ1v) is 9.54. The molecule has 0 bridgehead atoms. The van der Waals surface area contributed by atoms with Crippen LogP contribution in [-0.4, -0.2) is 38.6 Å². The van der Waals surface area contributed by atoms with E-state index in [9.17, 15) is 18.0 Å². The Morgan fingerprint density at radius 2 is 1.85 bits per heavy atom. The van der Waals surface area contributed by atoms with E-state index in [2.05, 4.69) is 9.97 Å². The molecule has 0 saturated carbocycles. The summed E-state index contributed by atoms with van der Waals surface area (Å²) in [6.07, 6.45) is -1.63. The van der Waals surface area contributed by atoms with Crippen LogP contribution in [0.15, 0.2) is 29.3 Å². The highest BCUT2D eigenvalue weighted by atomic mass is 32.2. The van der Waals surface area contributed by atoms with Crippen LogP contribution in [0.4, 0.5) is 13.2 Å². The van der Waals surface area contributed by atoms with E-state index < -0.39 is 12.0 Å². The summed E-state index contributed by atoms with van der Waals surface area (Å²) in [6.45, 7) is 4.03. The van der Waals surface area contributed by atoms with Crippen LogP contribution in [0.5, 0.6) is 0 Å². The molecule has 26 heavy (non-hydrogen) atoms. The van der Waals surface area contributed by atoms with Gasteiger partial charge in [-0.3, -0.25) is 4.79 Å². The van der Waals surface area contributed by atoms with Gasteiger partial charge in [0.2, 0.25) is 11.7 Å². The minimum absolute atomic E-state index is 0.0625. The number of nitrogens with zero attached hydrogens (tertiary/aromatic N) is 3. The smallest absolute Gasteiger partial charge is 0.337 e. The number of carbonyl (C=O) groups excluding carboxylic acids is 1. The van der Waals surface area contributed by atoms with Crippen molar-refractivity contribution >= 4 is 28.6 Å². The molecule has 1 saturated heterocycles. The number of aromatic nitrogens is 2. The number of halogens is 3. The third-order valence-corrected chi connectivity index (χ3v) is 5.61. The molecule has 0 unspecified atom stereocenters. The fraction of sp³-hybridized carbons (Fsp3) is 0.500. The number of para-hydroxylation sites is 1. The molecule has 1 aromatic carbocycles. The summed E-state index contributed by atoms with van der Waals surface area (Å²) in [5.41, 5.74) is 0.226. The molecule has 140 valence electrons. The fourth-order valence-electron chi connectivity index (χ4n) is 3.40. The lowest BCUT2D eigenvalue weighted by molar-refractivity contribution is -0.145. The van der Waals surface area contributed by atoms with Crippen LogP contribution in [0, 0.1) is 0 Å². The number of carbonyl (C=O) groups is 1. The number of rotatable bonds is 3. The average molecular weight is 383 g/mol. The number of benzene rings is 1. The van der Waals surface area contributed by atoms with Crippen LogP contribution >= 0.6 is 11.8 Å². The first kappa shape index (κ1) is 18.9. The van der Waals surface area contributed by atoms with E-state index in [4.69, 9.17) is 0 Å². The summed E-state index contributed by atoms with van der Waals surface area (Å²) in [4.78, 5) is 21.8. The Bertz CT molecular complexity index is 802. The number of hydrogen-bond donors (Lipinski definition) is 0. The molecule has 2 atom stereocenters. The summed E-state index contributed by atoms with van der Waals surface area (Å²) in [7, 11) is 0. The summed E-state index contributed by atoms with van der Waals surface area (Å²) in [6, 6.07) is 6.85. The molecule has 1 fully saturated rings. The lowest BCUT2D eigenvalue weighted by Gasteiger charge is -2.39. The molecule has 4 nitrogen and oxygen atoms in total. The molecule has 8 heteroatoms. The highest BCUT2D eigenvalue weighted by Crippen LogP contribution is 2.32. The maximum absolute atomic E-state index is 13.1. The first-order valence-electron chi connectivity index (χ1n) is 8.55. The number of alkyl halides is 3. The molecule has 2 heterocycles. The molecular weight excluding hydrogens is 363 g/mol. The Kier molecular flexibility index (Phi) is 5.41. The molecule has 2 aromatic rings. The van der Waals surface area contributed by atoms with Crippen molar-refractivity contribution in [3.63, 3.8) is 0 Å². The molecular formula is C18H20F3N3OS. The van der Waals surface area contributed by atoms with Crippen molar-refractivity contribution in [2.75, 3.05) is 5.75 Å². The highest BCUT2D eigenvalue weighted by Gasteiger charge is 2.36. The van der Waals surface area contributed by atoms with Crippen molar-refractivity contribution < 1.29 is 18.0 Å². The zero-order valence-corrected chi connectivity index (χ0v) is 15.4. The molecule has 0 spiro atoms. The lowest BCUT2D eigenvalue weighted by atomic mass is 9.98. The van der Waals surface area contributed by atoms with Crippen LogP contribution in [0.25, 0.3) is 10.9 Å². The summed E-state index contributed by atoms with van der Waals surface area (Å²) >= 11 is 1.04. The number of hydrogen-bond acceptors (Lipinski definition) is 4. The van der Waals surface area contributed by atoms with Gasteiger partial charge in [0.1, 0.15) is 5.03 Å². The molecule has 3 rings (SSSR count). The second-order valence-electron chi connectivity index (χ2n) is 6.59. The molecule has 0 aliphatic carbocycles. The summed E-state index contributed by atoms with van der Waals surface area (Å²) in [5.74, 6) is -1.18. The first-order chi connectivity index (χ1) is 12.3.